The summed E-state index contributed by atoms with van der Waals surface area (Å²) in [7, 11) is -3.53. The molecule has 1 aromatic carbocycles. The number of benzene rings is 1. The smallest absolute Gasteiger partial charge is 0.211 e. The van der Waals surface area contributed by atoms with E-state index in [0.29, 0.717) is 30.6 Å². The van der Waals surface area contributed by atoms with Gasteiger partial charge in [-0.25, -0.2) is 28.4 Å². The van der Waals surface area contributed by atoms with Crippen LogP contribution in [-0.2, 0) is 36.1 Å². The minimum absolute atomic E-state index is 0.0474. The number of fused-ring (bicyclic) bond motifs is 3. The molecule has 2 fully saturated rings. The van der Waals surface area contributed by atoms with E-state index in [2.05, 4.69) is 58.9 Å². The molecule has 4 aromatic rings. The van der Waals surface area contributed by atoms with Crippen LogP contribution in [0.3, 0.4) is 0 Å². The maximum Gasteiger partial charge on any atom is 0.211 e. The van der Waals surface area contributed by atoms with E-state index in [1.54, 1.807) is 10.9 Å². The van der Waals surface area contributed by atoms with Gasteiger partial charge in [0, 0.05) is 19.5 Å². The topological polar surface area (TPSA) is 163 Å². The number of nitrogens with one attached hydrogen (secondary N) is 1. The Hall–Kier alpha value is -3.17. The lowest BCUT2D eigenvalue weighted by molar-refractivity contribution is -0.196. The fourth-order valence-electron chi connectivity index (χ4n) is 5.90. The Balaban J connectivity index is 1.14. The molecule has 5 heterocycles. The quantitative estimate of drug-likeness (QED) is 0.268. The van der Waals surface area contributed by atoms with Gasteiger partial charge in [0.05, 0.1) is 23.6 Å². The lowest BCUT2D eigenvalue weighted by atomic mass is 9.87. The van der Waals surface area contributed by atoms with Crippen LogP contribution in [0, 0.1) is 0 Å². The largest absolute Gasteiger partial charge is 0.382 e. The first-order valence-corrected chi connectivity index (χ1v) is 16.4. The van der Waals surface area contributed by atoms with Gasteiger partial charge < -0.3 is 24.9 Å². The van der Waals surface area contributed by atoms with Crippen LogP contribution in [0.15, 0.2) is 30.9 Å². The first kappa shape index (κ1) is 29.9. The third-order valence-corrected chi connectivity index (χ3v) is 9.38. The van der Waals surface area contributed by atoms with Gasteiger partial charge in [0.15, 0.2) is 23.5 Å². The summed E-state index contributed by atoms with van der Waals surface area (Å²) in [6.45, 7) is 10.7. The number of unbranched alkanes of at least 4 members (excludes halogenated alkanes) is 1. The normalized spacial score (nSPS) is 24.0. The van der Waals surface area contributed by atoms with Crippen LogP contribution in [0.4, 0.5) is 5.82 Å². The van der Waals surface area contributed by atoms with E-state index >= 15 is 0 Å². The molecule has 2 saturated heterocycles. The molecule has 0 amide bonds. The molecule has 0 spiro atoms. The predicted molar refractivity (Wildman–Crippen MR) is 162 cm³/mol. The van der Waals surface area contributed by atoms with Crippen molar-refractivity contribution >= 4 is 38.0 Å². The molecule has 0 aliphatic carbocycles. The van der Waals surface area contributed by atoms with Crippen molar-refractivity contribution < 1.29 is 22.6 Å². The monoisotopic (exact) mass is 612 g/mol. The lowest BCUT2D eigenvalue weighted by Crippen LogP contribution is -2.42. The molecule has 0 unspecified atom stereocenters. The zero-order valence-electron chi connectivity index (χ0n) is 25.4. The van der Waals surface area contributed by atoms with Crippen molar-refractivity contribution in [2.45, 2.75) is 89.6 Å². The van der Waals surface area contributed by atoms with Gasteiger partial charge in [0.25, 0.3) is 0 Å². The molecule has 6 rings (SSSR count). The summed E-state index contributed by atoms with van der Waals surface area (Å²) < 4.78 is 47.9. The van der Waals surface area contributed by atoms with Crippen LogP contribution in [0.25, 0.3) is 22.2 Å². The number of ether oxygens (including phenoxy) is 3. The minimum atomic E-state index is -3.53. The summed E-state index contributed by atoms with van der Waals surface area (Å²) in [5.41, 5.74) is 10.2. The molecule has 4 atom stereocenters. The standard InChI is InChI=1S/C29H40N8O5S/c1-28(2,3)17-10-11-18-19(13-17)35-21(34-18)9-7-8-12-36(43(6,38)39)14-20-23-24(42-29(4,5)41-23)27(40-20)37-16-33-22-25(30)31-15-32-26(22)37/h10-11,13,15-16,20,23-24,27H,7-9,12,14H2,1-6H3,(H,34,35)(H2,30,31,32)/t20-,23-,24-,27-/m1/s1. The third kappa shape index (κ3) is 5.98. The minimum Gasteiger partial charge on any atom is -0.382 e. The third-order valence-electron chi connectivity index (χ3n) is 8.11. The second kappa shape index (κ2) is 10.8. The van der Waals surface area contributed by atoms with Crippen molar-refractivity contribution in [3.8, 4) is 0 Å². The van der Waals surface area contributed by atoms with Crippen molar-refractivity contribution in [3.05, 3.63) is 42.2 Å². The van der Waals surface area contributed by atoms with Crippen LogP contribution in [0.2, 0.25) is 0 Å². The van der Waals surface area contributed by atoms with Gasteiger partial charge in [-0.2, -0.15) is 4.31 Å². The Bertz CT molecular complexity index is 1740. The van der Waals surface area contributed by atoms with Gasteiger partial charge in [0.2, 0.25) is 10.0 Å². The van der Waals surface area contributed by atoms with E-state index in [1.165, 1.54) is 22.5 Å². The van der Waals surface area contributed by atoms with Crippen molar-refractivity contribution in [3.63, 3.8) is 0 Å². The number of sulfonamides is 1. The number of anilines is 1. The van der Waals surface area contributed by atoms with Crippen LogP contribution < -0.4 is 5.73 Å². The molecule has 0 radical (unpaired) electrons. The average molecular weight is 613 g/mol. The van der Waals surface area contributed by atoms with Crippen LogP contribution in [-0.4, -0.2) is 85.7 Å². The predicted octanol–water partition coefficient (Wildman–Crippen LogP) is 3.28. The lowest BCUT2D eigenvalue weighted by Gasteiger charge is -2.28. The summed E-state index contributed by atoms with van der Waals surface area (Å²) in [5, 5.41) is 0. The highest BCUT2D eigenvalue weighted by Gasteiger charge is 2.56. The van der Waals surface area contributed by atoms with E-state index in [1.807, 2.05) is 13.8 Å². The van der Waals surface area contributed by atoms with Gasteiger partial charge in [0.1, 0.15) is 36.0 Å². The molecule has 2 aliphatic heterocycles. The highest BCUT2D eigenvalue weighted by atomic mass is 32.2. The first-order valence-electron chi connectivity index (χ1n) is 14.6. The number of hydrogen-bond donors (Lipinski definition) is 2. The number of nitrogens with two attached hydrogens (primary N) is 1. The van der Waals surface area contributed by atoms with Crippen molar-refractivity contribution in [1.82, 2.24) is 33.8 Å². The van der Waals surface area contributed by atoms with Crippen molar-refractivity contribution in [1.29, 1.82) is 0 Å². The Kier molecular flexibility index (Phi) is 7.48. The van der Waals surface area contributed by atoms with Gasteiger partial charge in [-0.1, -0.05) is 26.8 Å². The summed E-state index contributed by atoms with van der Waals surface area (Å²) in [6.07, 6.45) is 4.13. The maximum atomic E-state index is 12.9. The molecule has 43 heavy (non-hydrogen) atoms. The maximum absolute atomic E-state index is 12.9. The molecular weight excluding hydrogens is 572 g/mol. The molecule has 14 heteroatoms. The first-order chi connectivity index (χ1) is 20.2. The fraction of sp³-hybridized carbons (Fsp3) is 0.586. The number of aromatic nitrogens is 6. The Morgan fingerprint density at radius 3 is 2.63 bits per heavy atom. The molecular formula is C29H40N8O5S. The number of aryl methyl sites for hydroxylation is 1. The van der Waals surface area contributed by atoms with E-state index < -0.39 is 40.4 Å². The highest BCUT2D eigenvalue weighted by Crippen LogP contribution is 2.44. The number of imidazole rings is 2. The average Bonchev–Trinajstić information content (AvgIpc) is 3.66. The number of aromatic amines is 1. The van der Waals surface area contributed by atoms with E-state index in [-0.39, 0.29) is 17.8 Å². The van der Waals surface area contributed by atoms with E-state index in [4.69, 9.17) is 24.9 Å². The molecule has 3 aromatic heterocycles. The second-order valence-corrected chi connectivity index (χ2v) is 14.9. The van der Waals surface area contributed by atoms with Crippen LogP contribution >= 0.6 is 0 Å². The second-order valence-electron chi connectivity index (χ2n) is 13.0. The summed E-state index contributed by atoms with van der Waals surface area (Å²) >= 11 is 0. The van der Waals surface area contributed by atoms with Gasteiger partial charge >= 0.3 is 0 Å². The number of H-pyrrole nitrogens is 1. The number of nitrogens with zero attached hydrogens (tertiary/aromatic N) is 6. The Labute approximate surface area is 251 Å². The van der Waals surface area contributed by atoms with E-state index in [0.717, 1.165) is 23.3 Å². The SMILES string of the molecule is CC1(C)O[C@@H]2[C@H](O1)[C@@H](CN(CCCCc1nc3cc(C(C)(C)C)ccc3[nH]1)S(C)(=O)=O)O[C@H]2n1cnc2c(N)ncnc21. The molecule has 0 saturated carbocycles. The van der Waals surface area contributed by atoms with E-state index in [9.17, 15) is 8.42 Å². The summed E-state index contributed by atoms with van der Waals surface area (Å²) in [5.74, 6) is 0.294. The zero-order chi connectivity index (χ0) is 30.7. The fourth-order valence-corrected chi connectivity index (χ4v) is 6.78. The number of hydrogen-bond acceptors (Lipinski definition) is 10. The molecule has 13 nitrogen and oxygen atoms in total. The van der Waals surface area contributed by atoms with Gasteiger partial charge in [-0.15, -0.1) is 0 Å². The summed E-state index contributed by atoms with van der Waals surface area (Å²) in [4.78, 5) is 20.9. The van der Waals surface area contributed by atoms with Crippen molar-refractivity contribution in [2.24, 2.45) is 0 Å². The van der Waals surface area contributed by atoms with Crippen LogP contribution in [0.5, 0.6) is 0 Å². The number of rotatable bonds is 9. The Morgan fingerprint density at radius 2 is 1.88 bits per heavy atom. The molecule has 0 bridgehead atoms. The highest BCUT2D eigenvalue weighted by molar-refractivity contribution is 7.88. The van der Waals surface area contributed by atoms with Crippen LogP contribution in [0.1, 0.15) is 65.1 Å². The summed E-state index contributed by atoms with van der Waals surface area (Å²) in [6, 6.07) is 6.34. The molecule has 232 valence electrons. The zero-order valence-corrected chi connectivity index (χ0v) is 26.3. The number of nitrogen functional groups attached to an aromatic ring is 1. The van der Waals surface area contributed by atoms with Gasteiger partial charge in [-0.05, 0) is 49.8 Å². The Morgan fingerprint density at radius 1 is 1.12 bits per heavy atom. The molecule has 3 N–H and O–H groups in total. The molecule has 2 aliphatic rings. The van der Waals surface area contributed by atoms with Crippen molar-refractivity contribution in [2.75, 3.05) is 25.1 Å². The van der Waals surface area contributed by atoms with Gasteiger partial charge in [-0.3, -0.25) is 4.57 Å².